The molecule has 0 bridgehead atoms. The number of H-pyrrole nitrogens is 1. The van der Waals surface area contributed by atoms with Crippen molar-refractivity contribution in [1.82, 2.24) is 9.88 Å². The number of hydrogen-bond donors (Lipinski definition) is 1. The van der Waals surface area contributed by atoms with Crippen molar-refractivity contribution in [1.29, 1.82) is 0 Å². The summed E-state index contributed by atoms with van der Waals surface area (Å²) in [6, 6.07) is -0.599. The van der Waals surface area contributed by atoms with Crippen LogP contribution in [-0.2, 0) is 14.3 Å². The molecule has 7 nitrogen and oxygen atoms in total. The van der Waals surface area contributed by atoms with E-state index >= 15 is 0 Å². The van der Waals surface area contributed by atoms with Crippen LogP contribution in [0.4, 0.5) is 0 Å². The van der Waals surface area contributed by atoms with Crippen LogP contribution in [0.25, 0.3) is 0 Å². The van der Waals surface area contributed by atoms with Crippen LogP contribution in [0.5, 0.6) is 0 Å². The van der Waals surface area contributed by atoms with Gasteiger partial charge in [-0.05, 0) is 59.4 Å². The van der Waals surface area contributed by atoms with Crippen LogP contribution in [-0.4, -0.2) is 60.0 Å². The van der Waals surface area contributed by atoms with Crippen molar-refractivity contribution in [2.24, 2.45) is 5.92 Å². The number of ether oxygens (including phenoxy) is 2. The maximum atomic E-state index is 13.3. The van der Waals surface area contributed by atoms with E-state index in [0.717, 1.165) is 12.8 Å². The van der Waals surface area contributed by atoms with E-state index in [1.165, 1.54) is 0 Å². The van der Waals surface area contributed by atoms with E-state index in [0.29, 0.717) is 48.7 Å². The second kappa shape index (κ2) is 9.87. The summed E-state index contributed by atoms with van der Waals surface area (Å²) in [4.78, 5) is 42.8. The van der Waals surface area contributed by atoms with Crippen LogP contribution in [0.15, 0.2) is 0 Å². The van der Waals surface area contributed by atoms with E-state index < -0.39 is 12.0 Å². The summed E-state index contributed by atoms with van der Waals surface area (Å²) >= 11 is 0. The van der Waals surface area contributed by atoms with Gasteiger partial charge in [0.2, 0.25) is 5.91 Å². The Kier molecular flexibility index (Phi) is 7.80. The van der Waals surface area contributed by atoms with Crippen LogP contribution in [0.2, 0.25) is 0 Å². The first-order chi connectivity index (χ1) is 13.3. The molecule has 1 heterocycles. The van der Waals surface area contributed by atoms with Gasteiger partial charge in [-0.3, -0.25) is 9.59 Å². The Bertz CT molecular complexity index is 721. The Hall–Kier alpha value is -2.15. The third-order valence-electron chi connectivity index (χ3n) is 5.11. The molecule has 7 heteroatoms. The van der Waals surface area contributed by atoms with Gasteiger partial charge in [-0.15, -0.1) is 0 Å². The smallest absolute Gasteiger partial charge is 0.355 e. The minimum atomic E-state index is -0.599. The molecule has 28 heavy (non-hydrogen) atoms. The average Bonchev–Trinajstić information content (AvgIpc) is 3.46. The molecule has 0 spiro atoms. The van der Waals surface area contributed by atoms with Crippen LogP contribution in [0.3, 0.4) is 0 Å². The predicted molar refractivity (Wildman–Crippen MR) is 106 cm³/mol. The second-order valence-electron chi connectivity index (χ2n) is 7.24. The van der Waals surface area contributed by atoms with E-state index in [-0.39, 0.29) is 24.2 Å². The van der Waals surface area contributed by atoms with Gasteiger partial charge < -0.3 is 19.4 Å². The molecule has 1 amide bonds. The molecule has 2 rings (SSSR count). The second-order valence-corrected chi connectivity index (χ2v) is 7.24. The lowest BCUT2D eigenvalue weighted by Crippen LogP contribution is -2.45. The molecule has 1 saturated carbocycles. The van der Waals surface area contributed by atoms with Gasteiger partial charge in [-0.25, -0.2) is 4.79 Å². The highest BCUT2D eigenvalue weighted by molar-refractivity contribution is 6.06. The third kappa shape index (κ3) is 5.01. The molecule has 1 unspecified atom stereocenters. The fourth-order valence-electron chi connectivity index (χ4n) is 3.42. The maximum Gasteiger partial charge on any atom is 0.355 e. The lowest BCUT2D eigenvalue weighted by atomic mass is 9.99. The fraction of sp³-hybridized carbons (Fsp3) is 0.667. The molecule has 1 atom stereocenters. The van der Waals surface area contributed by atoms with Gasteiger partial charge in [-0.2, -0.15) is 0 Å². The number of aryl methyl sites for hydroxylation is 1. The highest BCUT2D eigenvalue weighted by atomic mass is 16.5. The standard InChI is InChI=1S/C21H32N2O5/c1-6-27-12-8-11-23(20(25)16-9-10-16)15(5)19(24)17-13(3)18(22-14(17)4)21(26)28-7-2/h15-16,22H,6-12H2,1-5H3. The molecule has 1 aromatic heterocycles. The van der Waals surface area contributed by atoms with Crippen molar-refractivity contribution in [2.75, 3.05) is 26.4 Å². The molecule has 1 aromatic rings. The quantitative estimate of drug-likeness (QED) is 0.355. The summed E-state index contributed by atoms with van der Waals surface area (Å²) in [5.41, 5.74) is 1.95. The van der Waals surface area contributed by atoms with Crippen molar-refractivity contribution in [3.63, 3.8) is 0 Å². The highest BCUT2D eigenvalue weighted by Gasteiger charge is 2.38. The zero-order valence-electron chi connectivity index (χ0n) is 17.6. The summed E-state index contributed by atoms with van der Waals surface area (Å²) in [5, 5.41) is 0. The first-order valence-corrected chi connectivity index (χ1v) is 10.1. The molecule has 1 fully saturated rings. The van der Waals surface area contributed by atoms with E-state index in [1.54, 1.807) is 32.6 Å². The molecule has 156 valence electrons. The lowest BCUT2D eigenvalue weighted by Gasteiger charge is -2.29. The first kappa shape index (κ1) is 22.1. The number of Topliss-reactive ketones (excluding diaryl/α,β-unsaturated/α-hetero) is 1. The Morgan fingerprint density at radius 2 is 1.86 bits per heavy atom. The number of amides is 1. The van der Waals surface area contributed by atoms with Gasteiger partial charge in [0.15, 0.2) is 5.78 Å². The van der Waals surface area contributed by atoms with Crippen molar-refractivity contribution >= 4 is 17.7 Å². The summed E-state index contributed by atoms with van der Waals surface area (Å²) in [6.07, 6.45) is 2.46. The van der Waals surface area contributed by atoms with Crippen molar-refractivity contribution in [2.45, 2.75) is 59.9 Å². The number of esters is 1. The molecular weight excluding hydrogens is 360 g/mol. The van der Waals surface area contributed by atoms with Crippen molar-refractivity contribution < 1.29 is 23.9 Å². The monoisotopic (exact) mass is 392 g/mol. The van der Waals surface area contributed by atoms with Gasteiger partial charge in [0.05, 0.1) is 12.6 Å². The van der Waals surface area contributed by atoms with Crippen molar-refractivity contribution in [3.8, 4) is 0 Å². The van der Waals surface area contributed by atoms with Crippen LogP contribution in [0.1, 0.15) is 72.1 Å². The average molecular weight is 392 g/mol. The molecule has 0 saturated heterocycles. The summed E-state index contributed by atoms with van der Waals surface area (Å²) in [5.74, 6) is -0.565. The zero-order valence-corrected chi connectivity index (χ0v) is 17.6. The van der Waals surface area contributed by atoms with Gasteiger partial charge in [0.1, 0.15) is 5.69 Å². The normalized spacial score (nSPS) is 14.6. The number of carbonyl (C=O) groups excluding carboxylic acids is 3. The number of nitrogens with zero attached hydrogens (tertiary/aromatic N) is 1. The maximum absolute atomic E-state index is 13.3. The summed E-state index contributed by atoms with van der Waals surface area (Å²) < 4.78 is 10.4. The minimum absolute atomic E-state index is 0.0332. The number of hydrogen-bond acceptors (Lipinski definition) is 5. The predicted octanol–water partition coefficient (Wildman–Crippen LogP) is 3.04. The minimum Gasteiger partial charge on any atom is -0.461 e. The number of aromatic nitrogens is 1. The molecule has 0 aliphatic heterocycles. The van der Waals surface area contributed by atoms with Crippen LogP contribution < -0.4 is 0 Å². The summed E-state index contributed by atoms with van der Waals surface area (Å²) in [7, 11) is 0. The van der Waals surface area contributed by atoms with Gasteiger partial charge in [0.25, 0.3) is 0 Å². The Labute approximate surface area is 166 Å². The lowest BCUT2D eigenvalue weighted by molar-refractivity contribution is -0.134. The van der Waals surface area contributed by atoms with E-state index in [4.69, 9.17) is 9.47 Å². The van der Waals surface area contributed by atoms with E-state index in [1.807, 2.05) is 6.92 Å². The number of aromatic amines is 1. The Balaban J connectivity index is 2.21. The van der Waals surface area contributed by atoms with Gasteiger partial charge in [0, 0.05) is 36.9 Å². The summed E-state index contributed by atoms with van der Waals surface area (Å²) in [6.45, 7) is 10.9. The first-order valence-electron chi connectivity index (χ1n) is 10.1. The number of carbonyl (C=O) groups is 3. The number of nitrogens with one attached hydrogen (secondary N) is 1. The Morgan fingerprint density at radius 3 is 2.43 bits per heavy atom. The molecule has 0 radical (unpaired) electrons. The molecule has 1 aliphatic rings. The van der Waals surface area contributed by atoms with Gasteiger partial charge >= 0.3 is 5.97 Å². The molecule has 1 aliphatic carbocycles. The Morgan fingerprint density at radius 1 is 1.18 bits per heavy atom. The number of ketones is 1. The molecular formula is C21H32N2O5. The van der Waals surface area contributed by atoms with E-state index in [2.05, 4.69) is 4.98 Å². The van der Waals surface area contributed by atoms with Crippen molar-refractivity contribution in [3.05, 3.63) is 22.5 Å². The zero-order chi connectivity index (χ0) is 20.8. The fourth-order valence-corrected chi connectivity index (χ4v) is 3.42. The van der Waals surface area contributed by atoms with Crippen LogP contribution >= 0.6 is 0 Å². The number of rotatable bonds is 11. The van der Waals surface area contributed by atoms with Crippen LogP contribution in [0, 0.1) is 19.8 Å². The highest BCUT2D eigenvalue weighted by Crippen LogP contribution is 2.32. The topological polar surface area (TPSA) is 88.7 Å². The molecule has 0 aromatic carbocycles. The van der Waals surface area contributed by atoms with Gasteiger partial charge in [-0.1, -0.05) is 0 Å². The molecule has 1 N–H and O–H groups in total. The SMILES string of the molecule is CCOCCCN(C(=O)C1CC1)C(C)C(=O)c1c(C)[nH]c(C(=O)OCC)c1C. The third-order valence-corrected chi connectivity index (χ3v) is 5.11. The van der Waals surface area contributed by atoms with E-state index in [9.17, 15) is 14.4 Å². The largest absolute Gasteiger partial charge is 0.461 e.